The Morgan fingerprint density at radius 2 is 2.00 bits per heavy atom. The molecule has 0 aromatic carbocycles. The molecule has 0 bridgehead atoms. The van der Waals surface area contributed by atoms with Gasteiger partial charge in [-0.05, 0) is 25.0 Å². The number of rotatable bonds is 1. The summed E-state index contributed by atoms with van der Waals surface area (Å²) in [6.07, 6.45) is 3.57. The SMILES string of the molecule is N#CC1CCN(c2ncccc2N)CC1.O.O. The average molecular weight is 238 g/mol. The third-order valence-electron chi connectivity index (χ3n) is 2.79. The van der Waals surface area contributed by atoms with Crippen LogP contribution in [-0.2, 0) is 0 Å². The van der Waals surface area contributed by atoms with E-state index < -0.39 is 0 Å². The molecule has 6 heteroatoms. The highest BCUT2D eigenvalue weighted by atomic mass is 16.0. The molecule has 0 radical (unpaired) electrons. The highest BCUT2D eigenvalue weighted by Crippen LogP contribution is 2.25. The topological polar surface area (TPSA) is 129 Å². The fourth-order valence-electron chi connectivity index (χ4n) is 1.89. The Hall–Kier alpha value is -1.84. The van der Waals surface area contributed by atoms with Crippen molar-refractivity contribution in [3.63, 3.8) is 0 Å². The first-order valence-electron chi connectivity index (χ1n) is 5.16. The Balaban J connectivity index is 0.00000128. The van der Waals surface area contributed by atoms with Gasteiger partial charge >= 0.3 is 0 Å². The maximum Gasteiger partial charge on any atom is 0.151 e. The number of aromatic nitrogens is 1. The molecule has 6 N–H and O–H groups in total. The van der Waals surface area contributed by atoms with E-state index in [1.54, 1.807) is 6.20 Å². The van der Waals surface area contributed by atoms with Gasteiger partial charge < -0.3 is 21.6 Å². The normalized spacial score (nSPS) is 15.4. The molecular formula is C11H18N4O2. The van der Waals surface area contributed by atoms with Crippen LogP contribution in [0.5, 0.6) is 0 Å². The van der Waals surface area contributed by atoms with Gasteiger partial charge in [-0.1, -0.05) is 0 Å². The molecule has 1 aliphatic heterocycles. The first kappa shape index (κ1) is 15.2. The van der Waals surface area contributed by atoms with Crippen LogP contribution in [0, 0.1) is 17.2 Å². The molecule has 1 aliphatic rings. The van der Waals surface area contributed by atoms with E-state index in [1.165, 1.54) is 0 Å². The van der Waals surface area contributed by atoms with Crippen molar-refractivity contribution < 1.29 is 11.0 Å². The number of piperidine rings is 1. The van der Waals surface area contributed by atoms with E-state index in [0.29, 0.717) is 5.69 Å². The maximum atomic E-state index is 8.79. The van der Waals surface area contributed by atoms with Crippen molar-refractivity contribution in [3.8, 4) is 6.07 Å². The van der Waals surface area contributed by atoms with Crippen molar-refractivity contribution in [1.82, 2.24) is 4.98 Å². The lowest BCUT2D eigenvalue weighted by molar-refractivity contribution is 0.485. The van der Waals surface area contributed by atoms with Gasteiger partial charge in [-0.25, -0.2) is 4.98 Å². The summed E-state index contributed by atoms with van der Waals surface area (Å²) in [6, 6.07) is 6.01. The van der Waals surface area contributed by atoms with Gasteiger partial charge in [-0.15, -0.1) is 0 Å². The van der Waals surface area contributed by atoms with Crippen LogP contribution in [0.4, 0.5) is 11.5 Å². The summed E-state index contributed by atoms with van der Waals surface area (Å²) in [4.78, 5) is 6.43. The van der Waals surface area contributed by atoms with E-state index in [-0.39, 0.29) is 16.9 Å². The first-order chi connectivity index (χ1) is 7.31. The molecule has 17 heavy (non-hydrogen) atoms. The van der Waals surface area contributed by atoms with Gasteiger partial charge in [-0.3, -0.25) is 0 Å². The van der Waals surface area contributed by atoms with Crippen LogP contribution < -0.4 is 10.6 Å². The van der Waals surface area contributed by atoms with Gasteiger partial charge in [0.15, 0.2) is 5.82 Å². The minimum Gasteiger partial charge on any atom is -0.412 e. The number of nitrogens with two attached hydrogens (primary N) is 1. The third kappa shape index (κ3) is 3.31. The van der Waals surface area contributed by atoms with Gasteiger partial charge in [0.2, 0.25) is 0 Å². The molecule has 6 nitrogen and oxygen atoms in total. The second-order valence-electron chi connectivity index (χ2n) is 3.81. The minimum atomic E-state index is 0. The molecule has 1 aromatic heterocycles. The smallest absolute Gasteiger partial charge is 0.151 e. The zero-order valence-electron chi connectivity index (χ0n) is 9.56. The lowest BCUT2D eigenvalue weighted by atomic mass is 9.98. The molecule has 1 fully saturated rings. The molecular weight excluding hydrogens is 220 g/mol. The van der Waals surface area contributed by atoms with Gasteiger partial charge in [0.1, 0.15) is 0 Å². The fourth-order valence-corrected chi connectivity index (χ4v) is 1.89. The number of hydrogen-bond acceptors (Lipinski definition) is 4. The van der Waals surface area contributed by atoms with Gasteiger partial charge in [-0.2, -0.15) is 5.26 Å². The largest absolute Gasteiger partial charge is 0.412 e. The molecule has 0 saturated carbocycles. The molecule has 0 amide bonds. The van der Waals surface area contributed by atoms with Crippen LogP contribution in [0.1, 0.15) is 12.8 Å². The molecule has 0 spiro atoms. The quantitative estimate of drug-likeness (QED) is 0.723. The van der Waals surface area contributed by atoms with Crippen LogP contribution in [0.3, 0.4) is 0 Å². The molecule has 2 rings (SSSR count). The molecule has 1 saturated heterocycles. The third-order valence-corrected chi connectivity index (χ3v) is 2.79. The summed E-state index contributed by atoms with van der Waals surface area (Å²) in [5, 5.41) is 8.79. The Morgan fingerprint density at radius 3 is 2.53 bits per heavy atom. The predicted octanol–water partition coefficient (Wildman–Crippen LogP) is -0.246. The Kier molecular flexibility index (Phi) is 5.96. The van der Waals surface area contributed by atoms with Crippen molar-refractivity contribution in [2.45, 2.75) is 12.8 Å². The fraction of sp³-hybridized carbons (Fsp3) is 0.455. The van der Waals surface area contributed by atoms with E-state index in [0.717, 1.165) is 31.7 Å². The van der Waals surface area contributed by atoms with Crippen molar-refractivity contribution in [3.05, 3.63) is 18.3 Å². The second-order valence-corrected chi connectivity index (χ2v) is 3.81. The molecule has 0 unspecified atom stereocenters. The number of pyridine rings is 1. The Bertz CT molecular complexity index is 383. The van der Waals surface area contributed by atoms with Crippen molar-refractivity contribution in [1.29, 1.82) is 5.26 Å². The van der Waals surface area contributed by atoms with Crippen LogP contribution in [-0.4, -0.2) is 29.0 Å². The minimum absolute atomic E-state index is 0. The summed E-state index contributed by atoms with van der Waals surface area (Å²) >= 11 is 0. The summed E-state index contributed by atoms with van der Waals surface area (Å²) in [7, 11) is 0. The van der Waals surface area contributed by atoms with Crippen molar-refractivity contribution in [2.75, 3.05) is 23.7 Å². The van der Waals surface area contributed by atoms with Crippen LogP contribution in [0.25, 0.3) is 0 Å². The lowest BCUT2D eigenvalue weighted by Crippen LogP contribution is -2.34. The van der Waals surface area contributed by atoms with Crippen molar-refractivity contribution >= 4 is 11.5 Å². The number of anilines is 2. The highest BCUT2D eigenvalue weighted by Gasteiger charge is 2.20. The van der Waals surface area contributed by atoms with E-state index in [1.807, 2.05) is 12.1 Å². The first-order valence-corrected chi connectivity index (χ1v) is 5.16. The predicted molar refractivity (Wildman–Crippen MR) is 66.4 cm³/mol. The lowest BCUT2D eigenvalue weighted by Gasteiger charge is -2.30. The number of nitriles is 1. The Labute approximate surface area is 100 Å². The van der Waals surface area contributed by atoms with Gasteiger partial charge in [0.25, 0.3) is 0 Å². The van der Waals surface area contributed by atoms with E-state index in [4.69, 9.17) is 11.0 Å². The number of nitrogen functional groups attached to an aromatic ring is 1. The number of hydrogen-bond donors (Lipinski definition) is 1. The second kappa shape index (κ2) is 6.68. The summed E-state index contributed by atoms with van der Waals surface area (Å²) in [5.41, 5.74) is 6.57. The zero-order valence-corrected chi connectivity index (χ0v) is 9.56. The van der Waals surface area contributed by atoms with Crippen molar-refractivity contribution in [2.24, 2.45) is 5.92 Å². The van der Waals surface area contributed by atoms with E-state index in [9.17, 15) is 0 Å². The average Bonchev–Trinajstić information content (AvgIpc) is 2.30. The zero-order chi connectivity index (χ0) is 10.7. The van der Waals surface area contributed by atoms with Gasteiger partial charge in [0.05, 0.1) is 11.8 Å². The molecule has 94 valence electrons. The maximum absolute atomic E-state index is 8.79. The Morgan fingerprint density at radius 1 is 1.35 bits per heavy atom. The summed E-state index contributed by atoms with van der Waals surface area (Å²) < 4.78 is 0. The standard InChI is InChI=1S/C11H14N4.2H2O/c12-8-9-3-6-15(7-4-9)11-10(13)2-1-5-14-11;;/h1-2,5,9H,3-4,6-7,13H2;2*1H2. The van der Waals surface area contributed by atoms with E-state index >= 15 is 0 Å². The summed E-state index contributed by atoms with van der Waals surface area (Å²) in [6.45, 7) is 1.75. The van der Waals surface area contributed by atoms with Crippen LogP contribution in [0.15, 0.2) is 18.3 Å². The molecule has 1 aromatic rings. The van der Waals surface area contributed by atoms with Crippen LogP contribution in [0.2, 0.25) is 0 Å². The highest BCUT2D eigenvalue weighted by molar-refractivity contribution is 5.62. The molecule has 2 heterocycles. The van der Waals surface area contributed by atoms with Crippen LogP contribution >= 0.6 is 0 Å². The summed E-state index contributed by atoms with van der Waals surface area (Å²) in [5.74, 6) is 1.06. The number of nitrogens with zero attached hydrogens (tertiary/aromatic N) is 3. The molecule has 0 aliphatic carbocycles. The molecule has 0 atom stereocenters. The van der Waals surface area contributed by atoms with E-state index in [2.05, 4.69) is 16.0 Å². The monoisotopic (exact) mass is 238 g/mol. The van der Waals surface area contributed by atoms with Gasteiger partial charge in [0, 0.05) is 25.2 Å².